The first-order valence-corrected chi connectivity index (χ1v) is 9.14. The van der Waals surface area contributed by atoms with Crippen molar-refractivity contribution in [1.82, 2.24) is 0 Å². The van der Waals surface area contributed by atoms with Gasteiger partial charge in [0.1, 0.15) is 5.75 Å². The van der Waals surface area contributed by atoms with Crippen molar-refractivity contribution in [2.75, 3.05) is 0 Å². The standard InChI is InChI=1S/C22H17F2NOS/c1-16-6-5-7-18(14-16)26-22(12-13-27-19-8-3-2-4-9-19)25-17-10-11-20(23)21(24)15-17/h2-15H,1H3. The molecule has 0 aromatic heterocycles. The topological polar surface area (TPSA) is 21.6 Å². The van der Waals surface area contributed by atoms with Crippen molar-refractivity contribution in [3.8, 4) is 5.75 Å². The van der Waals surface area contributed by atoms with Gasteiger partial charge in [0, 0.05) is 17.0 Å². The van der Waals surface area contributed by atoms with Gasteiger partial charge in [-0.3, -0.25) is 0 Å². The van der Waals surface area contributed by atoms with Gasteiger partial charge in [-0.1, -0.05) is 42.1 Å². The lowest BCUT2D eigenvalue weighted by Crippen LogP contribution is -2.04. The van der Waals surface area contributed by atoms with E-state index >= 15 is 0 Å². The lowest BCUT2D eigenvalue weighted by molar-refractivity contribution is 0.508. The smallest absolute Gasteiger partial charge is 0.220 e. The highest BCUT2D eigenvalue weighted by molar-refractivity contribution is 8.02. The second kappa shape index (κ2) is 9.14. The van der Waals surface area contributed by atoms with Crippen molar-refractivity contribution in [1.29, 1.82) is 0 Å². The van der Waals surface area contributed by atoms with Crippen LogP contribution in [0.2, 0.25) is 0 Å². The van der Waals surface area contributed by atoms with Gasteiger partial charge in [-0.2, -0.15) is 0 Å². The van der Waals surface area contributed by atoms with E-state index in [1.165, 1.54) is 17.8 Å². The number of hydrogen-bond donors (Lipinski definition) is 0. The molecule has 0 N–H and O–H groups in total. The van der Waals surface area contributed by atoms with Gasteiger partial charge < -0.3 is 4.74 Å². The molecule has 0 heterocycles. The zero-order valence-electron chi connectivity index (χ0n) is 14.6. The van der Waals surface area contributed by atoms with Gasteiger partial charge >= 0.3 is 0 Å². The van der Waals surface area contributed by atoms with Crippen LogP contribution in [-0.4, -0.2) is 5.90 Å². The molecule has 0 saturated heterocycles. The van der Waals surface area contributed by atoms with Gasteiger partial charge in [0.15, 0.2) is 11.6 Å². The Labute approximate surface area is 161 Å². The summed E-state index contributed by atoms with van der Waals surface area (Å²) in [6.45, 7) is 1.96. The molecule has 0 radical (unpaired) electrons. The van der Waals surface area contributed by atoms with E-state index in [2.05, 4.69) is 4.99 Å². The van der Waals surface area contributed by atoms with Gasteiger partial charge in [0.2, 0.25) is 5.90 Å². The first-order chi connectivity index (χ1) is 13.1. The SMILES string of the molecule is Cc1cccc(OC(C=CSc2ccccc2)=Nc2ccc(F)c(F)c2)c1. The van der Waals surface area contributed by atoms with Crippen LogP contribution < -0.4 is 4.74 Å². The highest BCUT2D eigenvalue weighted by Crippen LogP contribution is 2.21. The summed E-state index contributed by atoms with van der Waals surface area (Å²) in [5.74, 6) is -0.972. The van der Waals surface area contributed by atoms with E-state index in [9.17, 15) is 8.78 Å². The van der Waals surface area contributed by atoms with E-state index in [1.807, 2.05) is 66.9 Å². The van der Waals surface area contributed by atoms with Crippen LogP contribution in [0.15, 0.2) is 94.2 Å². The Bertz CT molecular complexity index is 971. The van der Waals surface area contributed by atoms with E-state index in [0.29, 0.717) is 5.75 Å². The third kappa shape index (κ3) is 5.79. The fourth-order valence-corrected chi connectivity index (χ4v) is 2.90. The second-order valence-electron chi connectivity index (χ2n) is 5.70. The van der Waals surface area contributed by atoms with Crippen molar-refractivity contribution in [3.63, 3.8) is 0 Å². The van der Waals surface area contributed by atoms with Gasteiger partial charge in [0.05, 0.1) is 5.69 Å². The molecule has 27 heavy (non-hydrogen) atoms. The zero-order chi connectivity index (χ0) is 19.1. The summed E-state index contributed by atoms with van der Waals surface area (Å²) in [6, 6.07) is 20.8. The van der Waals surface area contributed by atoms with Crippen molar-refractivity contribution < 1.29 is 13.5 Å². The summed E-state index contributed by atoms with van der Waals surface area (Å²) < 4.78 is 32.5. The maximum absolute atomic E-state index is 13.5. The maximum atomic E-state index is 13.5. The molecule has 0 spiro atoms. The summed E-state index contributed by atoms with van der Waals surface area (Å²) in [5.41, 5.74) is 1.31. The molecule has 0 unspecified atom stereocenters. The summed E-state index contributed by atoms with van der Waals surface area (Å²) in [6.07, 6.45) is 1.70. The number of thioether (sulfide) groups is 1. The molecular weight excluding hydrogens is 364 g/mol. The van der Waals surface area contributed by atoms with Crippen LogP contribution in [0.1, 0.15) is 5.56 Å². The van der Waals surface area contributed by atoms with Crippen molar-refractivity contribution in [2.45, 2.75) is 11.8 Å². The van der Waals surface area contributed by atoms with Crippen molar-refractivity contribution in [2.24, 2.45) is 4.99 Å². The van der Waals surface area contributed by atoms with E-state index in [4.69, 9.17) is 4.74 Å². The highest BCUT2D eigenvalue weighted by Gasteiger charge is 2.05. The molecule has 0 aliphatic rings. The molecule has 0 bridgehead atoms. The third-order valence-electron chi connectivity index (χ3n) is 3.51. The fourth-order valence-electron chi connectivity index (χ4n) is 2.25. The Balaban J connectivity index is 1.85. The summed E-state index contributed by atoms with van der Waals surface area (Å²) in [7, 11) is 0. The van der Waals surface area contributed by atoms with E-state index in [1.54, 1.807) is 6.08 Å². The van der Waals surface area contributed by atoms with Gasteiger partial charge in [-0.25, -0.2) is 13.8 Å². The molecule has 0 atom stereocenters. The van der Waals surface area contributed by atoms with Crippen LogP contribution in [0.25, 0.3) is 0 Å². The van der Waals surface area contributed by atoms with Crippen molar-refractivity contribution in [3.05, 3.63) is 101 Å². The number of aryl methyl sites for hydroxylation is 1. The summed E-state index contributed by atoms with van der Waals surface area (Å²) in [5, 5.41) is 1.84. The van der Waals surface area contributed by atoms with Gasteiger partial charge in [-0.15, -0.1) is 0 Å². The normalized spacial score (nSPS) is 11.7. The number of hydrogen-bond acceptors (Lipinski definition) is 3. The Morgan fingerprint density at radius 3 is 2.48 bits per heavy atom. The molecule has 0 aliphatic heterocycles. The average molecular weight is 381 g/mol. The molecular formula is C22H17F2NOS. The Morgan fingerprint density at radius 1 is 0.926 bits per heavy atom. The molecule has 3 aromatic rings. The predicted octanol–water partition coefficient (Wildman–Crippen LogP) is 6.69. The Kier molecular flexibility index (Phi) is 6.39. The Morgan fingerprint density at radius 2 is 1.74 bits per heavy atom. The molecule has 136 valence electrons. The quantitative estimate of drug-likeness (QED) is 0.279. The zero-order valence-corrected chi connectivity index (χ0v) is 15.4. The maximum Gasteiger partial charge on any atom is 0.220 e. The summed E-state index contributed by atoms with van der Waals surface area (Å²) >= 11 is 1.50. The molecule has 3 aromatic carbocycles. The molecule has 0 saturated carbocycles. The number of rotatable bonds is 5. The number of nitrogens with zero attached hydrogens (tertiary/aromatic N) is 1. The van der Waals surface area contributed by atoms with E-state index < -0.39 is 11.6 Å². The lowest BCUT2D eigenvalue weighted by Gasteiger charge is -2.07. The second-order valence-corrected chi connectivity index (χ2v) is 6.68. The minimum Gasteiger partial charge on any atom is -0.439 e. The predicted molar refractivity (Wildman–Crippen MR) is 107 cm³/mol. The third-order valence-corrected chi connectivity index (χ3v) is 4.33. The number of aliphatic imine (C=N–C) groups is 1. The van der Waals surface area contributed by atoms with Crippen LogP contribution >= 0.6 is 11.8 Å². The van der Waals surface area contributed by atoms with E-state index in [0.717, 1.165) is 22.6 Å². The van der Waals surface area contributed by atoms with Crippen molar-refractivity contribution >= 4 is 23.3 Å². The van der Waals surface area contributed by atoms with Crippen LogP contribution in [-0.2, 0) is 0 Å². The van der Waals surface area contributed by atoms with Crippen LogP contribution in [0.4, 0.5) is 14.5 Å². The number of benzene rings is 3. The molecule has 2 nitrogen and oxygen atoms in total. The Hall–Kier alpha value is -2.92. The first-order valence-electron chi connectivity index (χ1n) is 8.27. The highest BCUT2D eigenvalue weighted by atomic mass is 32.2. The molecule has 3 rings (SSSR count). The monoisotopic (exact) mass is 381 g/mol. The molecule has 0 amide bonds. The minimum atomic E-state index is -0.950. The van der Waals surface area contributed by atoms with Gasteiger partial charge in [0.25, 0.3) is 0 Å². The summed E-state index contributed by atoms with van der Waals surface area (Å²) in [4.78, 5) is 5.37. The largest absolute Gasteiger partial charge is 0.439 e. The average Bonchev–Trinajstić information content (AvgIpc) is 2.65. The van der Waals surface area contributed by atoms with E-state index in [-0.39, 0.29) is 11.6 Å². The van der Waals surface area contributed by atoms with Crippen LogP contribution in [0, 0.1) is 18.6 Å². The van der Waals surface area contributed by atoms with Crippen LogP contribution in [0.5, 0.6) is 5.75 Å². The fraction of sp³-hybridized carbons (Fsp3) is 0.0455. The van der Waals surface area contributed by atoms with Gasteiger partial charge in [-0.05, 0) is 54.3 Å². The number of ether oxygens (including phenoxy) is 1. The molecule has 5 heteroatoms. The lowest BCUT2D eigenvalue weighted by atomic mass is 10.2. The molecule has 0 aliphatic carbocycles. The number of halogens is 2. The van der Waals surface area contributed by atoms with Crippen LogP contribution in [0.3, 0.4) is 0 Å². The molecule has 0 fully saturated rings. The minimum absolute atomic E-state index is 0.269. The first kappa shape index (κ1) is 18.9.